The highest BCUT2D eigenvalue weighted by atomic mass is 19.1. The molecule has 1 aromatic heterocycles. The summed E-state index contributed by atoms with van der Waals surface area (Å²) in [5.74, 6) is -0.232. The molecule has 5 heteroatoms. The van der Waals surface area contributed by atoms with Gasteiger partial charge in [-0.3, -0.25) is 0 Å². The highest BCUT2D eigenvalue weighted by Gasteiger charge is 2.13. The van der Waals surface area contributed by atoms with Gasteiger partial charge in [0.25, 0.3) is 0 Å². The van der Waals surface area contributed by atoms with Crippen molar-refractivity contribution in [1.82, 2.24) is 14.9 Å². The Morgan fingerprint density at radius 3 is 2.72 bits per heavy atom. The second-order valence-corrected chi connectivity index (χ2v) is 6.06. The van der Waals surface area contributed by atoms with Gasteiger partial charge in [-0.05, 0) is 49.2 Å². The topological polar surface area (TPSA) is 53.6 Å². The van der Waals surface area contributed by atoms with Crippen LogP contribution in [-0.2, 0) is 6.54 Å². The number of nitrogens with one attached hydrogen (secondary N) is 1. The summed E-state index contributed by atoms with van der Waals surface area (Å²) in [4.78, 5) is 4.44. The van der Waals surface area contributed by atoms with E-state index < -0.39 is 0 Å². The maximum atomic E-state index is 13.3. The molecule has 3 aromatic rings. The molecular formula is C20H21FN4. The van der Waals surface area contributed by atoms with E-state index in [4.69, 9.17) is 5.26 Å². The maximum Gasteiger partial charge on any atom is 0.123 e. The van der Waals surface area contributed by atoms with Gasteiger partial charge in [-0.25, -0.2) is 9.37 Å². The van der Waals surface area contributed by atoms with Crippen molar-refractivity contribution in [2.24, 2.45) is 0 Å². The number of fused-ring (bicyclic) bond motifs is 1. The van der Waals surface area contributed by atoms with Gasteiger partial charge in [0.05, 0.1) is 29.5 Å². The highest BCUT2D eigenvalue weighted by Crippen LogP contribution is 2.20. The molecule has 4 nitrogen and oxygen atoms in total. The van der Waals surface area contributed by atoms with Crippen molar-refractivity contribution >= 4 is 11.0 Å². The molecule has 0 spiro atoms. The van der Waals surface area contributed by atoms with Crippen LogP contribution in [0.5, 0.6) is 0 Å². The van der Waals surface area contributed by atoms with Crippen LogP contribution in [0.2, 0.25) is 0 Å². The molecule has 0 saturated heterocycles. The van der Waals surface area contributed by atoms with Gasteiger partial charge in [0.1, 0.15) is 5.82 Å². The number of aromatic nitrogens is 2. The minimum atomic E-state index is -0.232. The molecule has 128 valence electrons. The summed E-state index contributed by atoms with van der Waals surface area (Å²) in [6, 6.07) is 16.9. The third-order valence-electron chi connectivity index (χ3n) is 4.29. The van der Waals surface area contributed by atoms with E-state index in [-0.39, 0.29) is 11.9 Å². The van der Waals surface area contributed by atoms with Crippen LogP contribution in [0.15, 0.2) is 54.9 Å². The smallest absolute Gasteiger partial charge is 0.123 e. The third kappa shape index (κ3) is 4.43. The number of nitriles is 1. The summed E-state index contributed by atoms with van der Waals surface area (Å²) < 4.78 is 15.4. The quantitative estimate of drug-likeness (QED) is 0.627. The lowest BCUT2D eigenvalue weighted by atomic mass is 10.1. The Labute approximate surface area is 146 Å². The fraction of sp³-hybridized carbons (Fsp3) is 0.300. The number of hydrogen-bond donors (Lipinski definition) is 1. The van der Waals surface area contributed by atoms with Crippen LogP contribution in [0.3, 0.4) is 0 Å². The number of nitrogens with zero attached hydrogens (tertiary/aromatic N) is 3. The van der Waals surface area contributed by atoms with Crippen molar-refractivity contribution < 1.29 is 4.39 Å². The van der Waals surface area contributed by atoms with E-state index in [1.807, 2.05) is 36.7 Å². The number of unbranched alkanes of at least 4 members (excludes halogenated alkanes) is 2. The van der Waals surface area contributed by atoms with Crippen LogP contribution in [-0.4, -0.2) is 16.1 Å². The molecule has 0 aliphatic heterocycles. The summed E-state index contributed by atoms with van der Waals surface area (Å²) in [7, 11) is 0. The van der Waals surface area contributed by atoms with E-state index in [1.165, 1.54) is 12.1 Å². The van der Waals surface area contributed by atoms with Gasteiger partial charge in [-0.15, -0.1) is 0 Å². The molecule has 1 heterocycles. The normalized spacial score (nSPS) is 12.2. The van der Waals surface area contributed by atoms with Crippen LogP contribution >= 0.6 is 0 Å². The van der Waals surface area contributed by atoms with Gasteiger partial charge in [0.15, 0.2) is 0 Å². The van der Waals surface area contributed by atoms with Crippen LogP contribution < -0.4 is 5.32 Å². The summed E-state index contributed by atoms with van der Waals surface area (Å²) >= 11 is 0. The second-order valence-electron chi connectivity index (χ2n) is 6.06. The number of halogens is 1. The predicted octanol–water partition coefficient (Wildman–Crippen LogP) is 4.20. The summed E-state index contributed by atoms with van der Waals surface area (Å²) in [6.45, 7) is 1.53. The summed E-state index contributed by atoms with van der Waals surface area (Å²) in [5.41, 5.74) is 3.09. The Morgan fingerprint density at radius 2 is 1.92 bits per heavy atom. The Morgan fingerprint density at radius 1 is 1.12 bits per heavy atom. The van der Waals surface area contributed by atoms with Crippen molar-refractivity contribution in [1.29, 1.82) is 5.26 Å². The average Bonchev–Trinajstić information content (AvgIpc) is 3.04. The van der Waals surface area contributed by atoms with Gasteiger partial charge >= 0.3 is 0 Å². The lowest BCUT2D eigenvalue weighted by Crippen LogP contribution is -2.26. The molecule has 0 radical (unpaired) electrons. The number of para-hydroxylation sites is 2. The SMILES string of the molecule is N#CCCCCN[C@H](Cn1cnc2ccccc21)c1ccc(F)cc1. The zero-order valence-electron chi connectivity index (χ0n) is 14.0. The Bertz CT molecular complexity index is 848. The van der Waals surface area contributed by atoms with Crippen molar-refractivity contribution in [3.8, 4) is 6.07 Å². The first-order chi connectivity index (χ1) is 12.3. The molecule has 0 saturated carbocycles. The minimum absolute atomic E-state index is 0.0558. The van der Waals surface area contributed by atoms with Crippen molar-refractivity contribution in [2.45, 2.75) is 31.8 Å². The molecule has 0 bridgehead atoms. The zero-order chi connectivity index (χ0) is 17.5. The van der Waals surface area contributed by atoms with Gasteiger partial charge in [0.2, 0.25) is 0 Å². The van der Waals surface area contributed by atoms with E-state index in [2.05, 4.69) is 27.0 Å². The van der Waals surface area contributed by atoms with Gasteiger partial charge in [-0.2, -0.15) is 5.26 Å². The van der Waals surface area contributed by atoms with E-state index in [0.717, 1.165) is 36.0 Å². The van der Waals surface area contributed by atoms with Crippen LogP contribution in [0.25, 0.3) is 11.0 Å². The van der Waals surface area contributed by atoms with E-state index >= 15 is 0 Å². The lowest BCUT2D eigenvalue weighted by molar-refractivity contribution is 0.460. The fourth-order valence-corrected chi connectivity index (χ4v) is 2.94. The van der Waals surface area contributed by atoms with E-state index in [9.17, 15) is 4.39 Å². The first-order valence-electron chi connectivity index (χ1n) is 8.53. The molecule has 0 unspecified atom stereocenters. The van der Waals surface area contributed by atoms with Gasteiger partial charge in [0, 0.05) is 13.0 Å². The predicted molar refractivity (Wildman–Crippen MR) is 96.3 cm³/mol. The second kappa shape index (κ2) is 8.41. The Hall–Kier alpha value is -2.71. The van der Waals surface area contributed by atoms with Crippen molar-refractivity contribution in [2.75, 3.05) is 6.54 Å². The molecule has 0 amide bonds. The molecule has 2 aromatic carbocycles. The van der Waals surface area contributed by atoms with Gasteiger partial charge in [-0.1, -0.05) is 24.3 Å². The van der Waals surface area contributed by atoms with Crippen LogP contribution in [0.1, 0.15) is 30.9 Å². The van der Waals surface area contributed by atoms with Crippen LogP contribution in [0, 0.1) is 17.1 Å². The number of hydrogen-bond acceptors (Lipinski definition) is 3. The Balaban J connectivity index is 1.75. The number of benzene rings is 2. The molecule has 1 atom stereocenters. The molecule has 0 aliphatic rings. The maximum absolute atomic E-state index is 13.3. The van der Waals surface area contributed by atoms with Crippen molar-refractivity contribution in [3.05, 3.63) is 66.2 Å². The molecule has 25 heavy (non-hydrogen) atoms. The number of imidazole rings is 1. The zero-order valence-corrected chi connectivity index (χ0v) is 14.0. The molecule has 1 N–H and O–H groups in total. The monoisotopic (exact) mass is 336 g/mol. The molecule has 0 aliphatic carbocycles. The van der Waals surface area contributed by atoms with E-state index in [1.54, 1.807) is 0 Å². The third-order valence-corrected chi connectivity index (χ3v) is 4.29. The molecular weight excluding hydrogens is 315 g/mol. The first-order valence-corrected chi connectivity index (χ1v) is 8.53. The molecule has 3 rings (SSSR count). The van der Waals surface area contributed by atoms with Gasteiger partial charge < -0.3 is 9.88 Å². The highest BCUT2D eigenvalue weighted by molar-refractivity contribution is 5.74. The molecule has 0 fully saturated rings. The summed E-state index contributed by atoms with van der Waals surface area (Å²) in [6.07, 6.45) is 4.25. The number of rotatable bonds is 8. The summed E-state index contributed by atoms with van der Waals surface area (Å²) in [5, 5.41) is 12.2. The Kier molecular flexibility index (Phi) is 5.76. The van der Waals surface area contributed by atoms with Crippen LogP contribution in [0.4, 0.5) is 4.39 Å². The largest absolute Gasteiger partial charge is 0.329 e. The van der Waals surface area contributed by atoms with Crippen molar-refractivity contribution in [3.63, 3.8) is 0 Å². The fourth-order valence-electron chi connectivity index (χ4n) is 2.94. The standard InChI is InChI=1S/C20H21FN4/c21-17-10-8-16(9-11-17)19(23-13-5-1-4-12-22)14-25-15-24-18-6-2-3-7-20(18)25/h2-3,6-11,15,19,23H,1,4-5,13-14H2/t19-/m1/s1. The lowest BCUT2D eigenvalue weighted by Gasteiger charge is -2.20. The first kappa shape index (κ1) is 17.1. The minimum Gasteiger partial charge on any atom is -0.329 e. The average molecular weight is 336 g/mol. The van der Waals surface area contributed by atoms with E-state index in [0.29, 0.717) is 13.0 Å².